The molecule has 0 aliphatic heterocycles. The second kappa shape index (κ2) is 7.05. The van der Waals surface area contributed by atoms with Crippen molar-refractivity contribution in [2.45, 2.75) is 37.7 Å². The Kier molecular flexibility index (Phi) is 4.85. The van der Waals surface area contributed by atoms with Crippen LogP contribution in [0.4, 0.5) is 0 Å². The van der Waals surface area contributed by atoms with Gasteiger partial charge in [-0.15, -0.1) is 0 Å². The van der Waals surface area contributed by atoms with Crippen LogP contribution in [-0.4, -0.2) is 40.5 Å². The molecule has 24 heavy (non-hydrogen) atoms. The van der Waals surface area contributed by atoms with Crippen LogP contribution in [-0.2, 0) is 0 Å². The third-order valence-electron chi connectivity index (χ3n) is 4.60. The highest BCUT2D eigenvalue weighted by atomic mass is 16.5. The predicted molar refractivity (Wildman–Crippen MR) is 90.9 cm³/mol. The normalized spacial score (nSPS) is 16.6. The molecule has 0 bridgehead atoms. The molecule has 128 valence electrons. The maximum Gasteiger partial charge on any atom is 0.255 e. The van der Waals surface area contributed by atoms with Gasteiger partial charge in [-0.25, -0.2) is 0 Å². The number of amides is 1. The van der Waals surface area contributed by atoms with Crippen LogP contribution in [0.1, 0.15) is 42.5 Å². The first-order chi connectivity index (χ1) is 11.6. The standard InChI is InChI=1S/C18H23N3O3/c1-24-14-7-5-6-13(10-14)16-15(11-20-21-16)17(22)19-12-18(23)8-3-2-4-9-18/h5-7,10-11,23H,2-4,8-9,12H2,1H3,(H,19,22)(H,20,21). The van der Waals surface area contributed by atoms with Gasteiger partial charge in [0.2, 0.25) is 0 Å². The second-order valence-corrected chi connectivity index (χ2v) is 6.36. The van der Waals surface area contributed by atoms with Crippen molar-refractivity contribution in [3.63, 3.8) is 0 Å². The van der Waals surface area contributed by atoms with Gasteiger partial charge in [0.1, 0.15) is 5.75 Å². The number of benzene rings is 1. The van der Waals surface area contributed by atoms with Crippen molar-refractivity contribution < 1.29 is 14.6 Å². The van der Waals surface area contributed by atoms with Gasteiger partial charge in [0, 0.05) is 12.1 Å². The maximum absolute atomic E-state index is 12.5. The van der Waals surface area contributed by atoms with Crippen LogP contribution in [0.2, 0.25) is 0 Å². The largest absolute Gasteiger partial charge is 0.497 e. The first-order valence-electron chi connectivity index (χ1n) is 8.30. The fraction of sp³-hybridized carbons (Fsp3) is 0.444. The number of ether oxygens (including phenoxy) is 1. The highest BCUT2D eigenvalue weighted by Crippen LogP contribution is 2.28. The van der Waals surface area contributed by atoms with E-state index in [1.165, 1.54) is 6.20 Å². The van der Waals surface area contributed by atoms with Crippen molar-refractivity contribution in [2.75, 3.05) is 13.7 Å². The van der Waals surface area contributed by atoms with Gasteiger partial charge in [-0.1, -0.05) is 31.4 Å². The third-order valence-corrected chi connectivity index (χ3v) is 4.60. The zero-order valence-electron chi connectivity index (χ0n) is 13.8. The highest BCUT2D eigenvalue weighted by molar-refractivity contribution is 5.99. The average Bonchev–Trinajstić information content (AvgIpc) is 3.10. The summed E-state index contributed by atoms with van der Waals surface area (Å²) in [5.74, 6) is 0.477. The lowest BCUT2D eigenvalue weighted by Gasteiger charge is -2.32. The van der Waals surface area contributed by atoms with Crippen molar-refractivity contribution >= 4 is 5.91 Å². The van der Waals surface area contributed by atoms with E-state index in [9.17, 15) is 9.90 Å². The number of hydrogen-bond acceptors (Lipinski definition) is 4. The fourth-order valence-electron chi connectivity index (χ4n) is 3.18. The van der Waals surface area contributed by atoms with Gasteiger partial charge < -0.3 is 15.2 Å². The van der Waals surface area contributed by atoms with Gasteiger partial charge in [-0.3, -0.25) is 9.89 Å². The molecular formula is C18H23N3O3. The monoisotopic (exact) mass is 329 g/mol. The van der Waals surface area contributed by atoms with E-state index in [-0.39, 0.29) is 12.5 Å². The Hall–Kier alpha value is -2.34. The van der Waals surface area contributed by atoms with Crippen LogP contribution >= 0.6 is 0 Å². The number of nitrogens with one attached hydrogen (secondary N) is 2. The first-order valence-corrected chi connectivity index (χ1v) is 8.30. The molecule has 0 atom stereocenters. The van der Waals surface area contributed by atoms with Crippen LogP contribution in [0, 0.1) is 0 Å². The first kappa shape index (κ1) is 16.5. The number of carbonyl (C=O) groups excluding carboxylic acids is 1. The molecule has 1 amide bonds. The Bertz CT molecular complexity index is 705. The number of aromatic amines is 1. The summed E-state index contributed by atoms with van der Waals surface area (Å²) in [5, 5.41) is 20.2. The number of nitrogens with zero attached hydrogens (tertiary/aromatic N) is 1. The number of aliphatic hydroxyl groups is 1. The molecule has 1 aliphatic rings. The predicted octanol–water partition coefficient (Wildman–Crippen LogP) is 2.51. The number of hydrogen-bond donors (Lipinski definition) is 3. The molecule has 0 radical (unpaired) electrons. The van der Waals surface area contributed by atoms with Crippen molar-refractivity contribution in [3.8, 4) is 17.0 Å². The highest BCUT2D eigenvalue weighted by Gasteiger charge is 2.30. The molecule has 1 fully saturated rings. The van der Waals surface area contributed by atoms with E-state index in [0.29, 0.717) is 17.0 Å². The quantitative estimate of drug-likeness (QED) is 0.786. The van der Waals surface area contributed by atoms with E-state index in [2.05, 4.69) is 15.5 Å². The molecule has 1 saturated carbocycles. The van der Waals surface area contributed by atoms with Gasteiger partial charge in [0.15, 0.2) is 0 Å². The van der Waals surface area contributed by atoms with Gasteiger partial charge >= 0.3 is 0 Å². The molecule has 3 N–H and O–H groups in total. The molecule has 0 saturated heterocycles. The van der Waals surface area contributed by atoms with E-state index in [0.717, 1.165) is 37.7 Å². The molecule has 1 aromatic carbocycles. The minimum atomic E-state index is -0.784. The number of aromatic nitrogens is 2. The molecule has 0 spiro atoms. The van der Waals surface area contributed by atoms with Crippen molar-refractivity contribution in [1.82, 2.24) is 15.5 Å². The maximum atomic E-state index is 12.5. The summed E-state index contributed by atoms with van der Waals surface area (Å²) in [5.41, 5.74) is 1.14. The van der Waals surface area contributed by atoms with E-state index in [1.54, 1.807) is 7.11 Å². The Morgan fingerprint density at radius 2 is 2.17 bits per heavy atom. The molecule has 1 aliphatic carbocycles. The summed E-state index contributed by atoms with van der Waals surface area (Å²) in [6.45, 7) is 0.272. The van der Waals surface area contributed by atoms with Crippen molar-refractivity contribution in [3.05, 3.63) is 36.0 Å². The number of rotatable bonds is 5. The molecule has 1 aromatic heterocycles. The minimum Gasteiger partial charge on any atom is -0.497 e. The summed E-state index contributed by atoms with van der Waals surface area (Å²) in [4.78, 5) is 12.5. The molecule has 6 heteroatoms. The third kappa shape index (κ3) is 3.59. The molecule has 1 heterocycles. The van der Waals surface area contributed by atoms with E-state index in [1.807, 2.05) is 24.3 Å². The van der Waals surface area contributed by atoms with Gasteiger partial charge in [-0.05, 0) is 25.0 Å². The van der Waals surface area contributed by atoms with Gasteiger partial charge in [0.05, 0.1) is 30.2 Å². The SMILES string of the molecule is COc1cccc(-c2[nH]ncc2C(=O)NCC2(O)CCCCC2)c1. The number of H-pyrrole nitrogens is 1. The number of methoxy groups -OCH3 is 1. The Morgan fingerprint density at radius 3 is 2.92 bits per heavy atom. The topological polar surface area (TPSA) is 87.2 Å². The lowest BCUT2D eigenvalue weighted by Crippen LogP contribution is -2.44. The lowest BCUT2D eigenvalue weighted by molar-refractivity contribution is 0.00526. The Labute approximate surface area is 141 Å². The molecular weight excluding hydrogens is 306 g/mol. The summed E-state index contributed by atoms with van der Waals surface area (Å²) in [6, 6.07) is 7.44. The second-order valence-electron chi connectivity index (χ2n) is 6.36. The summed E-state index contributed by atoms with van der Waals surface area (Å²) < 4.78 is 5.23. The van der Waals surface area contributed by atoms with Crippen molar-refractivity contribution in [1.29, 1.82) is 0 Å². The van der Waals surface area contributed by atoms with E-state index in [4.69, 9.17) is 4.74 Å². The molecule has 0 unspecified atom stereocenters. The van der Waals surface area contributed by atoms with E-state index < -0.39 is 5.60 Å². The van der Waals surface area contributed by atoms with Crippen LogP contribution < -0.4 is 10.1 Å². The summed E-state index contributed by atoms with van der Waals surface area (Å²) in [6.07, 6.45) is 6.15. The van der Waals surface area contributed by atoms with Gasteiger partial charge in [-0.2, -0.15) is 5.10 Å². The Morgan fingerprint density at radius 1 is 1.38 bits per heavy atom. The number of carbonyl (C=O) groups is 1. The summed E-state index contributed by atoms with van der Waals surface area (Å²) in [7, 11) is 1.60. The lowest BCUT2D eigenvalue weighted by atomic mass is 9.85. The van der Waals surface area contributed by atoms with Crippen LogP contribution in [0.15, 0.2) is 30.5 Å². The molecule has 6 nitrogen and oxygen atoms in total. The van der Waals surface area contributed by atoms with Crippen LogP contribution in [0.25, 0.3) is 11.3 Å². The Balaban J connectivity index is 1.73. The molecule has 3 rings (SSSR count). The van der Waals surface area contributed by atoms with Crippen molar-refractivity contribution in [2.24, 2.45) is 0 Å². The zero-order chi connectivity index (χ0) is 17.0. The van der Waals surface area contributed by atoms with Crippen LogP contribution in [0.3, 0.4) is 0 Å². The van der Waals surface area contributed by atoms with E-state index >= 15 is 0 Å². The molecule has 2 aromatic rings. The summed E-state index contributed by atoms with van der Waals surface area (Å²) >= 11 is 0. The van der Waals surface area contributed by atoms with Gasteiger partial charge in [0.25, 0.3) is 5.91 Å². The zero-order valence-corrected chi connectivity index (χ0v) is 13.8. The van der Waals surface area contributed by atoms with Crippen LogP contribution in [0.5, 0.6) is 5.75 Å². The fourth-order valence-corrected chi connectivity index (χ4v) is 3.18. The smallest absolute Gasteiger partial charge is 0.255 e. The minimum absolute atomic E-state index is 0.236. The average molecular weight is 329 g/mol.